The van der Waals surface area contributed by atoms with Gasteiger partial charge in [-0.1, -0.05) is 18.2 Å². The van der Waals surface area contributed by atoms with Crippen LogP contribution in [0.3, 0.4) is 0 Å². The van der Waals surface area contributed by atoms with Crippen molar-refractivity contribution < 1.29 is 4.79 Å². The Bertz CT molecular complexity index is 450. The van der Waals surface area contributed by atoms with E-state index in [1.165, 1.54) is 0 Å². The van der Waals surface area contributed by atoms with Gasteiger partial charge in [0.2, 0.25) is 5.91 Å². The first-order valence-corrected chi connectivity index (χ1v) is 5.64. The summed E-state index contributed by atoms with van der Waals surface area (Å²) in [5.74, 6) is -0.384. The molecule has 1 amide bonds. The summed E-state index contributed by atoms with van der Waals surface area (Å²) >= 11 is 5.22. The van der Waals surface area contributed by atoms with E-state index >= 15 is 0 Å². The molecule has 0 aliphatic carbocycles. The minimum atomic E-state index is -0.626. The number of nitrogens with two attached hydrogens (primary N) is 1. The molecule has 1 saturated heterocycles. The SMILES string of the molecule is C[C@]1(CC(N)=O)NC(=S)N(c2ccccc2)N1. The third kappa shape index (κ3) is 2.54. The zero-order valence-electron chi connectivity index (χ0n) is 9.43. The van der Waals surface area contributed by atoms with E-state index in [4.69, 9.17) is 18.0 Å². The van der Waals surface area contributed by atoms with Gasteiger partial charge in [0.05, 0.1) is 12.1 Å². The standard InChI is InChI=1S/C11H14N4OS/c1-11(7-9(12)16)13-10(17)15(14-11)8-5-3-2-4-6-8/h2-6,14H,7H2,1H3,(H2,12,16)(H,13,17)/t11-/m0/s1. The molecule has 6 heteroatoms. The second kappa shape index (κ2) is 4.31. The highest BCUT2D eigenvalue weighted by atomic mass is 32.1. The molecule has 0 unspecified atom stereocenters. The van der Waals surface area contributed by atoms with Gasteiger partial charge in [-0.25, -0.2) is 5.43 Å². The van der Waals surface area contributed by atoms with E-state index in [-0.39, 0.29) is 12.3 Å². The number of carbonyl (C=O) groups excluding carboxylic acids is 1. The Hall–Kier alpha value is -1.66. The molecule has 0 aromatic heterocycles. The van der Waals surface area contributed by atoms with E-state index in [2.05, 4.69) is 10.7 Å². The second-order valence-electron chi connectivity index (χ2n) is 4.19. The molecule has 1 aliphatic heterocycles. The highest BCUT2D eigenvalue weighted by molar-refractivity contribution is 7.80. The molecule has 1 heterocycles. The summed E-state index contributed by atoms with van der Waals surface area (Å²) < 4.78 is 0. The van der Waals surface area contributed by atoms with Crippen LogP contribution in [0.15, 0.2) is 30.3 Å². The number of anilines is 1. The van der Waals surface area contributed by atoms with Gasteiger partial charge in [-0.05, 0) is 31.3 Å². The zero-order valence-corrected chi connectivity index (χ0v) is 10.3. The molecule has 4 N–H and O–H groups in total. The van der Waals surface area contributed by atoms with Gasteiger partial charge in [0, 0.05) is 0 Å². The van der Waals surface area contributed by atoms with Crippen molar-refractivity contribution in [2.45, 2.75) is 19.0 Å². The van der Waals surface area contributed by atoms with Crippen molar-refractivity contribution in [3.8, 4) is 0 Å². The third-order valence-corrected chi connectivity index (χ3v) is 2.77. The quantitative estimate of drug-likeness (QED) is 0.681. The Labute approximate surface area is 105 Å². The van der Waals surface area contributed by atoms with Crippen molar-refractivity contribution in [3.05, 3.63) is 30.3 Å². The van der Waals surface area contributed by atoms with Gasteiger partial charge in [-0.2, -0.15) is 0 Å². The number of benzene rings is 1. The summed E-state index contributed by atoms with van der Waals surface area (Å²) in [7, 11) is 0. The van der Waals surface area contributed by atoms with Gasteiger partial charge in [-0.3, -0.25) is 9.80 Å². The van der Waals surface area contributed by atoms with Gasteiger partial charge in [0.1, 0.15) is 5.66 Å². The molecule has 0 bridgehead atoms. The van der Waals surface area contributed by atoms with Crippen molar-refractivity contribution in [2.75, 3.05) is 5.01 Å². The molecule has 0 spiro atoms. The molecule has 1 aromatic rings. The van der Waals surface area contributed by atoms with Crippen molar-refractivity contribution in [1.29, 1.82) is 0 Å². The van der Waals surface area contributed by atoms with Gasteiger partial charge < -0.3 is 11.1 Å². The highest BCUT2D eigenvalue weighted by Crippen LogP contribution is 2.20. The average Bonchev–Trinajstić information content (AvgIpc) is 2.54. The predicted molar refractivity (Wildman–Crippen MR) is 70.0 cm³/mol. The molecule has 1 atom stereocenters. The van der Waals surface area contributed by atoms with Crippen molar-refractivity contribution in [3.63, 3.8) is 0 Å². The summed E-state index contributed by atoms with van der Waals surface area (Å²) in [4.78, 5) is 11.0. The lowest BCUT2D eigenvalue weighted by atomic mass is 10.1. The topological polar surface area (TPSA) is 70.4 Å². The molecule has 90 valence electrons. The molecule has 1 fully saturated rings. The summed E-state index contributed by atoms with van der Waals surface area (Å²) in [5.41, 5.74) is 8.64. The predicted octanol–water partition coefficient (Wildman–Crippen LogP) is 0.477. The van der Waals surface area contributed by atoms with Crippen LogP contribution in [0, 0.1) is 0 Å². The second-order valence-corrected chi connectivity index (χ2v) is 4.57. The first kappa shape index (κ1) is 11.8. The van der Waals surface area contributed by atoms with Crippen LogP contribution in [0.2, 0.25) is 0 Å². The number of hydrogen-bond acceptors (Lipinski definition) is 3. The maximum atomic E-state index is 11.0. The number of primary amides is 1. The van der Waals surface area contributed by atoms with Crippen LogP contribution in [-0.4, -0.2) is 16.7 Å². The van der Waals surface area contributed by atoms with Crippen LogP contribution < -0.4 is 21.5 Å². The Kier molecular flexibility index (Phi) is 2.99. The van der Waals surface area contributed by atoms with Crippen LogP contribution >= 0.6 is 12.2 Å². The lowest BCUT2D eigenvalue weighted by Crippen LogP contribution is -2.51. The number of nitrogens with zero attached hydrogens (tertiary/aromatic N) is 1. The lowest BCUT2D eigenvalue weighted by molar-refractivity contribution is -0.119. The molecule has 0 saturated carbocycles. The smallest absolute Gasteiger partial charge is 0.221 e. The van der Waals surface area contributed by atoms with Crippen LogP contribution in [0.25, 0.3) is 0 Å². The first-order valence-electron chi connectivity index (χ1n) is 5.24. The number of para-hydroxylation sites is 1. The minimum Gasteiger partial charge on any atom is -0.370 e. The Morgan fingerprint density at radius 1 is 1.47 bits per heavy atom. The maximum absolute atomic E-state index is 11.0. The fourth-order valence-corrected chi connectivity index (χ4v) is 2.18. The minimum absolute atomic E-state index is 0.163. The fraction of sp³-hybridized carbons (Fsp3) is 0.273. The first-order chi connectivity index (χ1) is 8.00. The number of nitrogens with one attached hydrogen (secondary N) is 2. The highest BCUT2D eigenvalue weighted by Gasteiger charge is 2.37. The number of thiocarbonyl (C=S) groups is 1. The number of carbonyl (C=O) groups is 1. The van der Waals surface area contributed by atoms with Crippen molar-refractivity contribution in [2.24, 2.45) is 5.73 Å². The molecule has 1 aliphatic rings. The average molecular weight is 250 g/mol. The Balaban J connectivity index is 2.18. The van der Waals surface area contributed by atoms with Crippen LogP contribution in [0.4, 0.5) is 5.69 Å². The number of hydrazine groups is 1. The van der Waals surface area contributed by atoms with Gasteiger partial charge >= 0.3 is 0 Å². The zero-order chi connectivity index (χ0) is 12.5. The van der Waals surface area contributed by atoms with Gasteiger partial charge in [0.15, 0.2) is 5.11 Å². The summed E-state index contributed by atoms with van der Waals surface area (Å²) in [6.07, 6.45) is 0.163. The molecule has 2 rings (SSSR count). The fourth-order valence-electron chi connectivity index (χ4n) is 1.81. The number of rotatable bonds is 3. The van der Waals surface area contributed by atoms with Crippen LogP contribution in [0.1, 0.15) is 13.3 Å². The number of hydrogen-bond donors (Lipinski definition) is 3. The summed E-state index contributed by atoms with van der Waals surface area (Å²) in [6.45, 7) is 1.84. The van der Waals surface area contributed by atoms with E-state index in [1.807, 2.05) is 37.3 Å². The van der Waals surface area contributed by atoms with Gasteiger partial charge in [0.25, 0.3) is 0 Å². The lowest BCUT2D eigenvalue weighted by Gasteiger charge is -2.24. The normalized spacial score (nSPS) is 23.6. The van der Waals surface area contributed by atoms with E-state index in [0.717, 1.165) is 5.69 Å². The van der Waals surface area contributed by atoms with Crippen LogP contribution in [-0.2, 0) is 4.79 Å². The van der Waals surface area contributed by atoms with E-state index < -0.39 is 5.66 Å². The number of amides is 1. The van der Waals surface area contributed by atoms with Crippen molar-refractivity contribution >= 4 is 28.9 Å². The third-order valence-electron chi connectivity index (χ3n) is 2.49. The molecule has 1 aromatic carbocycles. The molecule has 0 radical (unpaired) electrons. The van der Waals surface area contributed by atoms with Crippen LogP contribution in [0.5, 0.6) is 0 Å². The Morgan fingerprint density at radius 3 is 2.71 bits per heavy atom. The largest absolute Gasteiger partial charge is 0.370 e. The molecular formula is C11H14N4OS. The van der Waals surface area contributed by atoms with Gasteiger partial charge in [-0.15, -0.1) is 0 Å². The molecule has 17 heavy (non-hydrogen) atoms. The molecular weight excluding hydrogens is 236 g/mol. The molecule has 5 nitrogen and oxygen atoms in total. The van der Waals surface area contributed by atoms with E-state index in [1.54, 1.807) is 5.01 Å². The summed E-state index contributed by atoms with van der Waals surface area (Å²) in [5, 5.41) is 5.32. The van der Waals surface area contributed by atoms with E-state index in [9.17, 15) is 4.79 Å². The van der Waals surface area contributed by atoms with E-state index in [0.29, 0.717) is 5.11 Å². The Morgan fingerprint density at radius 2 is 2.12 bits per heavy atom. The monoisotopic (exact) mass is 250 g/mol. The summed E-state index contributed by atoms with van der Waals surface area (Å²) in [6, 6.07) is 9.62. The maximum Gasteiger partial charge on any atom is 0.221 e. The van der Waals surface area contributed by atoms with Crippen molar-refractivity contribution in [1.82, 2.24) is 10.7 Å².